The summed E-state index contributed by atoms with van der Waals surface area (Å²) < 4.78 is 0. The molecule has 0 unspecified atom stereocenters. The van der Waals surface area contributed by atoms with Crippen molar-refractivity contribution in [2.75, 3.05) is 0 Å². The van der Waals surface area contributed by atoms with Gasteiger partial charge >= 0.3 is 0 Å². The Bertz CT molecular complexity index is 306. The Morgan fingerprint density at radius 3 is 2.60 bits per heavy atom. The van der Waals surface area contributed by atoms with Crippen LogP contribution in [0.15, 0.2) is 17.5 Å². The summed E-state index contributed by atoms with van der Waals surface area (Å²) in [5.41, 5.74) is 5.62. The van der Waals surface area contributed by atoms with E-state index < -0.39 is 6.04 Å². The van der Waals surface area contributed by atoms with Crippen LogP contribution in [0, 0.1) is 0 Å². The predicted octanol–water partition coefficient (Wildman–Crippen LogP) is 1.83. The maximum Gasteiger partial charge on any atom is 0.239 e. The maximum atomic E-state index is 11.8. The summed E-state index contributed by atoms with van der Waals surface area (Å²) >= 11 is 1.66. The van der Waals surface area contributed by atoms with Gasteiger partial charge in [0.15, 0.2) is 0 Å². The average Bonchev–Trinajstić information content (AvgIpc) is 2.64. The zero-order chi connectivity index (χ0) is 11.4. The van der Waals surface area contributed by atoms with Crippen LogP contribution < -0.4 is 5.73 Å². The Labute approximate surface area is 94.9 Å². The number of nitrogens with zero attached hydrogens (tertiary/aromatic N) is 1. The Morgan fingerprint density at radius 1 is 1.53 bits per heavy atom. The van der Waals surface area contributed by atoms with Crippen molar-refractivity contribution in [3.8, 4) is 0 Å². The lowest BCUT2D eigenvalue weighted by atomic mass is 10.2. The highest BCUT2D eigenvalue weighted by Gasteiger charge is 2.20. The van der Waals surface area contributed by atoms with Crippen LogP contribution in [0.5, 0.6) is 0 Å². The van der Waals surface area contributed by atoms with E-state index in [1.807, 2.05) is 36.3 Å². The van der Waals surface area contributed by atoms with E-state index >= 15 is 0 Å². The second kappa shape index (κ2) is 5.28. The molecular weight excluding hydrogens is 208 g/mol. The lowest BCUT2D eigenvalue weighted by molar-refractivity contribution is -0.134. The summed E-state index contributed by atoms with van der Waals surface area (Å²) in [6.45, 7) is 6.41. The van der Waals surface area contributed by atoms with E-state index in [4.69, 9.17) is 5.73 Å². The first-order chi connectivity index (χ1) is 7.02. The molecular formula is C11H18N2OS. The minimum atomic E-state index is -0.424. The van der Waals surface area contributed by atoms with E-state index in [2.05, 4.69) is 0 Å². The van der Waals surface area contributed by atoms with Gasteiger partial charge in [-0.05, 0) is 32.2 Å². The van der Waals surface area contributed by atoms with Crippen molar-refractivity contribution in [1.29, 1.82) is 0 Å². The van der Waals surface area contributed by atoms with Crippen molar-refractivity contribution in [1.82, 2.24) is 4.90 Å². The summed E-state index contributed by atoms with van der Waals surface area (Å²) in [4.78, 5) is 14.8. The third kappa shape index (κ3) is 3.32. The number of hydrogen-bond donors (Lipinski definition) is 1. The van der Waals surface area contributed by atoms with E-state index in [1.54, 1.807) is 18.3 Å². The molecule has 1 aromatic rings. The van der Waals surface area contributed by atoms with Crippen LogP contribution in [0.4, 0.5) is 0 Å². The van der Waals surface area contributed by atoms with Crippen molar-refractivity contribution >= 4 is 17.2 Å². The molecule has 84 valence electrons. The fourth-order valence-corrected chi connectivity index (χ4v) is 2.05. The van der Waals surface area contributed by atoms with Crippen molar-refractivity contribution in [3.63, 3.8) is 0 Å². The summed E-state index contributed by atoms with van der Waals surface area (Å²) in [6.07, 6.45) is 0. The summed E-state index contributed by atoms with van der Waals surface area (Å²) in [6, 6.07) is 3.79. The van der Waals surface area contributed by atoms with Crippen molar-refractivity contribution in [3.05, 3.63) is 22.4 Å². The summed E-state index contributed by atoms with van der Waals surface area (Å²) in [5.74, 6) is 0.0124. The van der Waals surface area contributed by atoms with E-state index in [0.717, 1.165) is 0 Å². The van der Waals surface area contributed by atoms with E-state index in [-0.39, 0.29) is 11.9 Å². The van der Waals surface area contributed by atoms with Gasteiger partial charge in [0.05, 0.1) is 12.6 Å². The number of thiophene rings is 1. The zero-order valence-corrected chi connectivity index (χ0v) is 10.3. The number of rotatable bonds is 4. The van der Waals surface area contributed by atoms with Crippen LogP contribution >= 0.6 is 11.3 Å². The van der Waals surface area contributed by atoms with Gasteiger partial charge in [-0.1, -0.05) is 6.07 Å². The number of amides is 1. The Hall–Kier alpha value is -0.870. The molecule has 0 fully saturated rings. The second-order valence-corrected chi connectivity index (χ2v) is 4.96. The molecule has 3 nitrogen and oxygen atoms in total. The molecule has 0 bridgehead atoms. The molecule has 1 aromatic heterocycles. The molecule has 0 aliphatic heterocycles. The largest absolute Gasteiger partial charge is 0.334 e. The predicted molar refractivity (Wildman–Crippen MR) is 63.7 cm³/mol. The van der Waals surface area contributed by atoms with Gasteiger partial charge in [0.25, 0.3) is 0 Å². The van der Waals surface area contributed by atoms with Gasteiger partial charge < -0.3 is 10.6 Å². The normalized spacial score (nSPS) is 12.9. The van der Waals surface area contributed by atoms with Gasteiger partial charge in [0.2, 0.25) is 5.91 Å². The third-order valence-electron chi connectivity index (χ3n) is 2.20. The average molecular weight is 226 g/mol. The molecule has 4 heteroatoms. The summed E-state index contributed by atoms with van der Waals surface area (Å²) in [5, 5.41) is 2.02. The van der Waals surface area contributed by atoms with E-state index in [9.17, 15) is 4.79 Å². The molecule has 1 amide bonds. The fraction of sp³-hybridized carbons (Fsp3) is 0.545. The first-order valence-corrected chi connectivity index (χ1v) is 5.98. The van der Waals surface area contributed by atoms with Gasteiger partial charge in [-0.3, -0.25) is 4.79 Å². The highest BCUT2D eigenvalue weighted by atomic mass is 32.1. The first kappa shape index (κ1) is 12.2. The number of carbonyl (C=O) groups is 1. The SMILES string of the molecule is CC(C)N(Cc1cccs1)C(=O)[C@@H](C)N. The summed E-state index contributed by atoms with van der Waals surface area (Å²) in [7, 11) is 0. The van der Waals surface area contributed by atoms with Gasteiger partial charge in [-0.25, -0.2) is 0 Å². The molecule has 0 saturated carbocycles. The monoisotopic (exact) mass is 226 g/mol. The van der Waals surface area contributed by atoms with Gasteiger partial charge in [0.1, 0.15) is 0 Å². The van der Waals surface area contributed by atoms with Crippen LogP contribution in [-0.4, -0.2) is 22.9 Å². The highest BCUT2D eigenvalue weighted by Crippen LogP contribution is 2.14. The van der Waals surface area contributed by atoms with E-state index in [0.29, 0.717) is 6.54 Å². The van der Waals surface area contributed by atoms with Gasteiger partial charge in [-0.2, -0.15) is 0 Å². The number of carbonyl (C=O) groups excluding carboxylic acids is 1. The molecule has 1 heterocycles. The molecule has 0 aromatic carbocycles. The first-order valence-electron chi connectivity index (χ1n) is 5.10. The van der Waals surface area contributed by atoms with Crippen molar-refractivity contribution in [2.45, 2.75) is 39.4 Å². The molecule has 1 rings (SSSR count). The minimum absolute atomic E-state index is 0.0124. The Morgan fingerprint density at radius 2 is 2.20 bits per heavy atom. The van der Waals surface area contributed by atoms with E-state index in [1.165, 1.54) is 4.88 Å². The van der Waals surface area contributed by atoms with Crippen LogP contribution in [0.25, 0.3) is 0 Å². The van der Waals surface area contributed by atoms with Gasteiger partial charge in [0, 0.05) is 10.9 Å². The second-order valence-electron chi connectivity index (χ2n) is 3.93. The van der Waals surface area contributed by atoms with Crippen LogP contribution in [0.1, 0.15) is 25.6 Å². The number of hydrogen-bond acceptors (Lipinski definition) is 3. The molecule has 0 aliphatic rings. The molecule has 15 heavy (non-hydrogen) atoms. The van der Waals surface area contributed by atoms with Crippen LogP contribution in [0.3, 0.4) is 0 Å². The van der Waals surface area contributed by atoms with Crippen LogP contribution in [0.2, 0.25) is 0 Å². The lowest BCUT2D eigenvalue weighted by Crippen LogP contribution is -2.44. The van der Waals surface area contributed by atoms with Crippen molar-refractivity contribution < 1.29 is 4.79 Å². The Balaban J connectivity index is 2.71. The topological polar surface area (TPSA) is 46.3 Å². The van der Waals surface area contributed by atoms with Gasteiger partial charge in [-0.15, -0.1) is 11.3 Å². The molecule has 0 spiro atoms. The van der Waals surface area contributed by atoms with Crippen molar-refractivity contribution in [2.24, 2.45) is 5.73 Å². The quantitative estimate of drug-likeness (QED) is 0.851. The molecule has 0 saturated heterocycles. The minimum Gasteiger partial charge on any atom is -0.334 e. The number of nitrogens with two attached hydrogens (primary N) is 1. The molecule has 0 aliphatic carbocycles. The molecule has 0 radical (unpaired) electrons. The molecule has 2 N–H and O–H groups in total. The highest BCUT2D eigenvalue weighted by molar-refractivity contribution is 7.09. The standard InChI is InChI=1S/C11H18N2OS/c1-8(2)13(11(14)9(3)12)7-10-5-4-6-15-10/h4-6,8-9H,7,12H2,1-3H3/t9-/m1/s1. The third-order valence-corrected chi connectivity index (χ3v) is 3.06. The maximum absolute atomic E-state index is 11.8. The Kier molecular flexibility index (Phi) is 4.29. The molecule has 1 atom stereocenters. The lowest BCUT2D eigenvalue weighted by Gasteiger charge is -2.27. The smallest absolute Gasteiger partial charge is 0.239 e. The van der Waals surface area contributed by atoms with Crippen LogP contribution in [-0.2, 0) is 11.3 Å². The zero-order valence-electron chi connectivity index (χ0n) is 9.43. The fourth-order valence-electron chi connectivity index (χ4n) is 1.35.